The van der Waals surface area contributed by atoms with Crippen molar-refractivity contribution in [2.45, 2.75) is 44.8 Å². The maximum atomic E-state index is 12.7. The Morgan fingerprint density at radius 3 is 2.67 bits per heavy atom. The van der Waals surface area contributed by atoms with E-state index in [2.05, 4.69) is 12.2 Å². The summed E-state index contributed by atoms with van der Waals surface area (Å²) in [5.74, 6) is 0. The average molecular weight is 303 g/mol. The molecule has 0 spiro atoms. The summed E-state index contributed by atoms with van der Waals surface area (Å²) in [7, 11) is 1.65. The van der Waals surface area contributed by atoms with Gasteiger partial charge in [0.25, 0.3) is 0 Å². The molecule has 0 saturated heterocycles. The Morgan fingerprint density at radius 2 is 2.05 bits per heavy atom. The van der Waals surface area contributed by atoms with Gasteiger partial charge < -0.3 is 10.1 Å². The largest absolute Gasteiger partial charge is 0.416 e. The van der Waals surface area contributed by atoms with Crippen LogP contribution in [0.1, 0.15) is 37.3 Å². The molecule has 0 aliphatic carbocycles. The Hall–Kier alpha value is -1.07. The van der Waals surface area contributed by atoms with Gasteiger partial charge >= 0.3 is 6.18 Å². The molecular formula is C16H24F3NO. The van der Waals surface area contributed by atoms with Crippen LogP contribution in [0.3, 0.4) is 0 Å². The van der Waals surface area contributed by atoms with Crippen LogP contribution in [0, 0.1) is 0 Å². The molecule has 1 atom stereocenters. The molecule has 1 aromatic rings. The zero-order valence-corrected chi connectivity index (χ0v) is 12.7. The first kappa shape index (κ1) is 18.0. The van der Waals surface area contributed by atoms with Crippen LogP contribution in [0.4, 0.5) is 13.2 Å². The van der Waals surface area contributed by atoms with E-state index in [0.29, 0.717) is 13.0 Å². The lowest BCUT2D eigenvalue weighted by Crippen LogP contribution is -2.32. The van der Waals surface area contributed by atoms with Gasteiger partial charge in [-0.05, 0) is 43.9 Å². The van der Waals surface area contributed by atoms with E-state index in [1.807, 2.05) is 0 Å². The van der Waals surface area contributed by atoms with Gasteiger partial charge in [0.1, 0.15) is 0 Å². The van der Waals surface area contributed by atoms with Crippen molar-refractivity contribution in [3.05, 3.63) is 35.4 Å². The fourth-order valence-electron chi connectivity index (χ4n) is 2.26. The number of benzene rings is 1. The number of hydrogen-bond donors (Lipinski definition) is 1. The van der Waals surface area contributed by atoms with Crippen LogP contribution in [0.15, 0.2) is 24.3 Å². The predicted octanol–water partition coefficient (Wildman–Crippen LogP) is 4.04. The second-order valence-electron chi connectivity index (χ2n) is 5.19. The van der Waals surface area contributed by atoms with E-state index in [9.17, 15) is 13.2 Å². The minimum Gasteiger partial charge on any atom is -0.385 e. The van der Waals surface area contributed by atoms with E-state index in [0.717, 1.165) is 37.4 Å². The summed E-state index contributed by atoms with van der Waals surface area (Å²) in [6, 6.07) is 5.78. The van der Waals surface area contributed by atoms with E-state index >= 15 is 0 Å². The third-order valence-corrected chi connectivity index (χ3v) is 3.32. The molecule has 0 bridgehead atoms. The van der Waals surface area contributed by atoms with Gasteiger partial charge in [-0.1, -0.05) is 25.1 Å². The third kappa shape index (κ3) is 6.96. The van der Waals surface area contributed by atoms with E-state index in [4.69, 9.17) is 4.74 Å². The van der Waals surface area contributed by atoms with Crippen LogP contribution in [-0.2, 0) is 17.3 Å². The normalized spacial score (nSPS) is 13.4. The molecule has 0 amide bonds. The van der Waals surface area contributed by atoms with Crippen molar-refractivity contribution >= 4 is 0 Å². The highest BCUT2D eigenvalue weighted by atomic mass is 19.4. The van der Waals surface area contributed by atoms with Gasteiger partial charge in [0.05, 0.1) is 5.56 Å². The zero-order valence-electron chi connectivity index (χ0n) is 12.7. The number of hydrogen-bond acceptors (Lipinski definition) is 2. The molecule has 21 heavy (non-hydrogen) atoms. The van der Waals surface area contributed by atoms with Crippen molar-refractivity contribution in [3.63, 3.8) is 0 Å². The zero-order chi connectivity index (χ0) is 15.7. The summed E-state index contributed by atoms with van der Waals surface area (Å²) in [5, 5.41) is 3.40. The number of methoxy groups -OCH3 is 1. The van der Waals surface area contributed by atoms with Crippen molar-refractivity contribution in [3.8, 4) is 0 Å². The Kier molecular flexibility index (Phi) is 7.75. The molecule has 1 N–H and O–H groups in total. The average Bonchev–Trinajstić information content (AvgIpc) is 2.44. The first-order chi connectivity index (χ1) is 9.97. The van der Waals surface area contributed by atoms with Gasteiger partial charge in [-0.15, -0.1) is 0 Å². The molecule has 0 saturated carbocycles. The van der Waals surface area contributed by atoms with Crippen LogP contribution < -0.4 is 5.32 Å². The van der Waals surface area contributed by atoms with E-state index < -0.39 is 11.7 Å². The maximum absolute atomic E-state index is 12.7. The van der Waals surface area contributed by atoms with Gasteiger partial charge in [-0.3, -0.25) is 0 Å². The van der Waals surface area contributed by atoms with Crippen LogP contribution in [0.5, 0.6) is 0 Å². The molecule has 0 aromatic heterocycles. The lowest BCUT2D eigenvalue weighted by Gasteiger charge is -2.19. The smallest absolute Gasteiger partial charge is 0.385 e. The molecule has 1 rings (SSSR count). The second-order valence-corrected chi connectivity index (χ2v) is 5.19. The topological polar surface area (TPSA) is 21.3 Å². The maximum Gasteiger partial charge on any atom is 0.416 e. The van der Waals surface area contributed by atoms with Gasteiger partial charge in [0.15, 0.2) is 0 Å². The molecular weight excluding hydrogens is 279 g/mol. The highest BCUT2D eigenvalue weighted by Crippen LogP contribution is 2.29. The Bertz CT molecular complexity index is 407. The van der Waals surface area contributed by atoms with Crippen LogP contribution in [0.2, 0.25) is 0 Å². The SMILES string of the molecule is CCCNC(CCCOC)Cc1cccc(C(F)(F)F)c1. The van der Waals surface area contributed by atoms with Gasteiger partial charge in [-0.25, -0.2) is 0 Å². The van der Waals surface area contributed by atoms with Crippen LogP contribution >= 0.6 is 0 Å². The first-order valence-electron chi connectivity index (χ1n) is 7.35. The minimum absolute atomic E-state index is 0.184. The number of alkyl halides is 3. The van der Waals surface area contributed by atoms with Crippen molar-refractivity contribution in [1.82, 2.24) is 5.32 Å². The molecule has 0 aliphatic heterocycles. The molecule has 0 radical (unpaired) electrons. The fraction of sp³-hybridized carbons (Fsp3) is 0.625. The number of rotatable bonds is 9. The summed E-state index contributed by atoms with van der Waals surface area (Å²) in [4.78, 5) is 0. The second kappa shape index (κ2) is 9.05. The van der Waals surface area contributed by atoms with Crippen molar-refractivity contribution in [1.29, 1.82) is 0 Å². The van der Waals surface area contributed by atoms with Crippen LogP contribution in [0.25, 0.3) is 0 Å². The molecule has 2 nitrogen and oxygen atoms in total. The molecule has 0 aliphatic rings. The van der Waals surface area contributed by atoms with Gasteiger partial charge in [-0.2, -0.15) is 13.2 Å². The quantitative estimate of drug-likeness (QED) is 0.695. The molecule has 120 valence electrons. The lowest BCUT2D eigenvalue weighted by atomic mass is 10.00. The van der Waals surface area contributed by atoms with Crippen LogP contribution in [-0.4, -0.2) is 26.3 Å². The monoisotopic (exact) mass is 303 g/mol. The molecule has 5 heteroatoms. The van der Waals surface area contributed by atoms with Gasteiger partial charge in [0.2, 0.25) is 0 Å². The highest BCUT2D eigenvalue weighted by Gasteiger charge is 2.30. The number of nitrogens with one attached hydrogen (secondary N) is 1. The van der Waals surface area contributed by atoms with Gasteiger partial charge in [0, 0.05) is 19.8 Å². The lowest BCUT2D eigenvalue weighted by molar-refractivity contribution is -0.137. The fourth-order valence-corrected chi connectivity index (χ4v) is 2.26. The minimum atomic E-state index is -4.28. The highest BCUT2D eigenvalue weighted by molar-refractivity contribution is 5.26. The molecule has 1 unspecified atom stereocenters. The summed E-state index contributed by atoms with van der Waals surface area (Å²) < 4.78 is 43.2. The van der Waals surface area contributed by atoms with E-state index in [1.54, 1.807) is 13.2 Å². The summed E-state index contributed by atoms with van der Waals surface area (Å²) in [5.41, 5.74) is 0.141. The number of ether oxygens (including phenoxy) is 1. The summed E-state index contributed by atoms with van der Waals surface area (Å²) in [6.45, 7) is 3.62. The van der Waals surface area contributed by atoms with Crippen molar-refractivity contribution in [2.24, 2.45) is 0 Å². The van der Waals surface area contributed by atoms with Crippen molar-refractivity contribution < 1.29 is 17.9 Å². The standard InChI is InChI=1S/C16H24F3NO/c1-3-9-20-15(8-5-10-21-2)12-13-6-4-7-14(11-13)16(17,18)19/h4,6-7,11,15,20H,3,5,8-10,12H2,1-2H3. The van der Waals surface area contributed by atoms with E-state index in [-0.39, 0.29) is 6.04 Å². The van der Waals surface area contributed by atoms with Crippen molar-refractivity contribution in [2.75, 3.05) is 20.3 Å². The van der Waals surface area contributed by atoms with E-state index in [1.165, 1.54) is 12.1 Å². The molecule has 1 aromatic carbocycles. The molecule has 0 heterocycles. The first-order valence-corrected chi connectivity index (χ1v) is 7.35. The Morgan fingerprint density at radius 1 is 1.29 bits per heavy atom. The summed E-state index contributed by atoms with van der Waals surface area (Å²) in [6.07, 6.45) is -0.879. The Labute approximate surface area is 124 Å². The number of halogens is 3. The summed E-state index contributed by atoms with van der Waals surface area (Å²) >= 11 is 0. The third-order valence-electron chi connectivity index (χ3n) is 3.32. The predicted molar refractivity (Wildman–Crippen MR) is 78.3 cm³/mol. The Balaban J connectivity index is 2.68. The molecule has 0 fully saturated rings.